The molecule has 0 N–H and O–H groups in total. The zero-order valence-electron chi connectivity index (χ0n) is 6.26. The van der Waals surface area contributed by atoms with Crippen LogP contribution in [0.3, 0.4) is 0 Å². The first-order valence-electron chi connectivity index (χ1n) is 3.40. The van der Waals surface area contributed by atoms with Crippen molar-refractivity contribution >= 4 is 33.3 Å². The summed E-state index contributed by atoms with van der Waals surface area (Å²) in [6.45, 7) is 0. The molecule has 12 heavy (non-hydrogen) atoms. The second kappa shape index (κ2) is 4.58. The van der Waals surface area contributed by atoms with Gasteiger partial charge in [0.2, 0.25) is 0 Å². The number of carbonyl (C=O) groups is 1. The van der Waals surface area contributed by atoms with Crippen LogP contribution in [-0.2, 0) is 11.2 Å². The first kappa shape index (κ1) is 9.68. The quantitative estimate of drug-likeness (QED) is 0.606. The smallest absolute Gasteiger partial charge is 0.147 e. The highest BCUT2D eigenvalue weighted by molar-refractivity contribution is 9.09. The second-order valence-electron chi connectivity index (χ2n) is 2.34. The van der Waals surface area contributed by atoms with Gasteiger partial charge in [0.1, 0.15) is 10.9 Å². The highest BCUT2D eigenvalue weighted by Crippen LogP contribution is 2.08. The molecule has 0 spiro atoms. The van der Waals surface area contributed by atoms with Crippen LogP contribution in [0.5, 0.6) is 0 Å². The number of nitrogens with zero attached hydrogens (tertiary/aromatic N) is 1. The largest absolute Gasteiger partial charge is 0.298 e. The molecule has 0 saturated heterocycles. The summed E-state index contributed by atoms with van der Waals surface area (Å²) < 4.78 is 0. The first-order valence-corrected chi connectivity index (χ1v) is 4.90. The normalized spacial score (nSPS) is 9.83. The van der Waals surface area contributed by atoms with Crippen LogP contribution in [0.1, 0.15) is 5.56 Å². The highest BCUT2D eigenvalue weighted by Gasteiger charge is 2.01. The summed E-state index contributed by atoms with van der Waals surface area (Å²) in [5, 5.41) is 0.808. The van der Waals surface area contributed by atoms with Crippen molar-refractivity contribution < 1.29 is 4.79 Å². The van der Waals surface area contributed by atoms with Gasteiger partial charge in [0.15, 0.2) is 0 Å². The van der Waals surface area contributed by atoms with Gasteiger partial charge in [-0.2, -0.15) is 0 Å². The molecule has 1 aromatic heterocycles. The lowest BCUT2D eigenvalue weighted by Crippen LogP contribution is -2.03. The Morgan fingerprint density at radius 1 is 1.67 bits per heavy atom. The van der Waals surface area contributed by atoms with Crippen LogP contribution < -0.4 is 0 Å². The molecule has 0 aliphatic carbocycles. The fraction of sp³-hybridized carbons (Fsp3) is 0.250. The SMILES string of the molecule is O=C(CBr)Cc1ccnc(Cl)c1. The Hall–Kier alpha value is -0.410. The number of pyridine rings is 1. The maximum atomic E-state index is 11.0. The van der Waals surface area contributed by atoms with Gasteiger partial charge in [-0.15, -0.1) is 0 Å². The van der Waals surface area contributed by atoms with Crippen molar-refractivity contribution in [3.8, 4) is 0 Å². The van der Waals surface area contributed by atoms with Gasteiger partial charge in [-0.05, 0) is 17.7 Å². The molecule has 1 aromatic rings. The van der Waals surface area contributed by atoms with E-state index in [0.29, 0.717) is 16.9 Å². The lowest BCUT2D eigenvalue weighted by atomic mass is 10.1. The van der Waals surface area contributed by atoms with E-state index in [9.17, 15) is 4.79 Å². The molecule has 0 unspecified atom stereocenters. The molecule has 64 valence electrons. The molecule has 0 atom stereocenters. The number of Topliss-reactive ketones (excluding diaryl/α,β-unsaturated/α-hetero) is 1. The number of carbonyl (C=O) groups excluding carboxylic acids is 1. The van der Waals surface area contributed by atoms with Gasteiger partial charge >= 0.3 is 0 Å². The molecule has 0 aliphatic rings. The molecule has 0 amide bonds. The summed E-state index contributed by atoms with van der Waals surface area (Å²) in [5.74, 6) is 0.136. The fourth-order valence-corrected chi connectivity index (χ4v) is 1.22. The summed E-state index contributed by atoms with van der Waals surface area (Å²) in [4.78, 5) is 14.8. The molecule has 0 radical (unpaired) electrons. The molecule has 1 heterocycles. The van der Waals surface area contributed by atoms with Gasteiger partial charge in [0.25, 0.3) is 0 Å². The number of aromatic nitrogens is 1. The lowest BCUT2D eigenvalue weighted by Gasteiger charge is -1.97. The standard InChI is InChI=1S/C8H7BrClNO/c9-5-7(12)3-6-1-2-11-8(10)4-6/h1-2,4H,3,5H2. The average Bonchev–Trinajstić information content (AvgIpc) is 2.04. The lowest BCUT2D eigenvalue weighted by molar-refractivity contribution is -0.115. The van der Waals surface area contributed by atoms with E-state index < -0.39 is 0 Å². The number of hydrogen-bond donors (Lipinski definition) is 0. The topological polar surface area (TPSA) is 30.0 Å². The third kappa shape index (κ3) is 2.91. The predicted octanol–water partition coefficient (Wildman–Crippen LogP) is 2.24. The van der Waals surface area contributed by atoms with Crippen LogP contribution in [0.25, 0.3) is 0 Å². The molecular formula is C8H7BrClNO. The molecule has 0 fully saturated rings. The van der Waals surface area contributed by atoms with E-state index in [4.69, 9.17) is 11.6 Å². The Bertz CT molecular complexity index is 290. The van der Waals surface area contributed by atoms with Gasteiger partial charge in [0, 0.05) is 12.6 Å². The summed E-state index contributed by atoms with van der Waals surface area (Å²) in [6.07, 6.45) is 2.01. The molecule has 0 saturated carbocycles. The van der Waals surface area contributed by atoms with Gasteiger partial charge in [-0.3, -0.25) is 4.79 Å². The van der Waals surface area contributed by atoms with Gasteiger partial charge < -0.3 is 0 Å². The number of rotatable bonds is 3. The number of halogens is 2. The van der Waals surface area contributed by atoms with E-state index in [1.165, 1.54) is 0 Å². The van der Waals surface area contributed by atoms with Crippen molar-refractivity contribution in [1.29, 1.82) is 0 Å². The monoisotopic (exact) mass is 247 g/mol. The van der Waals surface area contributed by atoms with Gasteiger partial charge in [-0.1, -0.05) is 27.5 Å². The average molecular weight is 249 g/mol. The van der Waals surface area contributed by atoms with E-state index >= 15 is 0 Å². The first-order chi connectivity index (χ1) is 5.72. The minimum atomic E-state index is 0.136. The van der Waals surface area contributed by atoms with Crippen LogP contribution in [0.4, 0.5) is 0 Å². The van der Waals surface area contributed by atoms with Crippen LogP contribution in [0, 0.1) is 0 Å². The van der Waals surface area contributed by atoms with E-state index in [2.05, 4.69) is 20.9 Å². The minimum absolute atomic E-state index is 0.136. The maximum Gasteiger partial charge on any atom is 0.147 e. The maximum absolute atomic E-state index is 11.0. The van der Waals surface area contributed by atoms with Crippen molar-refractivity contribution in [3.63, 3.8) is 0 Å². The molecule has 0 aliphatic heterocycles. The Balaban J connectivity index is 2.69. The Morgan fingerprint density at radius 3 is 3.00 bits per heavy atom. The fourth-order valence-electron chi connectivity index (χ4n) is 0.827. The summed E-state index contributed by atoms with van der Waals surface area (Å²) in [5.41, 5.74) is 0.902. The molecular weight excluding hydrogens is 241 g/mol. The molecule has 0 aromatic carbocycles. The zero-order valence-corrected chi connectivity index (χ0v) is 8.60. The minimum Gasteiger partial charge on any atom is -0.298 e. The molecule has 1 rings (SSSR count). The number of alkyl halides is 1. The third-order valence-corrected chi connectivity index (χ3v) is 2.17. The second-order valence-corrected chi connectivity index (χ2v) is 3.28. The Morgan fingerprint density at radius 2 is 2.42 bits per heavy atom. The van der Waals surface area contributed by atoms with Crippen molar-refractivity contribution in [1.82, 2.24) is 4.98 Å². The van der Waals surface area contributed by atoms with Crippen LogP contribution >= 0.6 is 27.5 Å². The Labute approximate surface area is 84.1 Å². The van der Waals surface area contributed by atoms with Crippen molar-refractivity contribution in [2.75, 3.05) is 5.33 Å². The molecule has 4 heteroatoms. The van der Waals surface area contributed by atoms with Gasteiger partial charge in [-0.25, -0.2) is 4.98 Å². The zero-order chi connectivity index (χ0) is 8.97. The van der Waals surface area contributed by atoms with Gasteiger partial charge in [0.05, 0.1) is 5.33 Å². The third-order valence-electron chi connectivity index (χ3n) is 1.34. The van der Waals surface area contributed by atoms with Crippen molar-refractivity contribution in [3.05, 3.63) is 29.0 Å². The van der Waals surface area contributed by atoms with Crippen LogP contribution in [0.2, 0.25) is 5.15 Å². The number of hydrogen-bond acceptors (Lipinski definition) is 2. The Kier molecular flexibility index (Phi) is 3.69. The van der Waals surface area contributed by atoms with E-state index in [0.717, 1.165) is 5.56 Å². The van der Waals surface area contributed by atoms with E-state index in [1.54, 1.807) is 18.3 Å². The molecule has 2 nitrogen and oxygen atoms in total. The predicted molar refractivity (Wildman–Crippen MR) is 51.8 cm³/mol. The van der Waals surface area contributed by atoms with Crippen LogP contribution in [0.15, 0.2) is 18.3 Å². The van der Waals surface area contributed by atoms with E-state index in [-0.39, 0.29) is 5.78 Å². The van der Waals surface area contributed by atoms with Crippen molar-refractivity contribution in [2.24, 2.45) is 0 Å². The summed E-state index contributed by atoms with van der Waals surface area (Å²) >= 11 is 8.73. The molecule has 0 bridgehead atoms. The number of ketones is 1. The summed E-state index contributed by atoms with van der Waals surface area (Å²) in [6, 6.07) is 3.48. The highest BCUT2D eigenvalue weighted by atomic mass is 79.9. The van der Waals surface area contributed by atoms with E-state index in [1.807, 2.05) is 0 Å². The van der Waals surface area contributed by atoms with Crippen LogP contribution in [-0.4, -0.2) is 16.1 Å². The van der Waals surface area contributed by atoms with Crippen molar-refractivity contribution in [2.45, 2.75) is 6.42 Å². The summed E-state index contributed by atoms with van der Waals surface area (Å²) in [7, 11) is 0.